The van der Waals surface area contributed by atoms with E-state index in [0.29, 0.717) is 34.3 Å². The average Bonchev–Trinajstić information content (AvgIpc) is 3.29. The molecule has 0 aliphatic heterocycles. The molecule has 3 N–H and O–H groups in total. The van der Waals surface area contributed by atoms with E-state index in [-0.39, 0.29) is 23.5 Å². The molecule has 0 aliphatic carbocycles. The molecule has 0 saturated heterocycles. The second kappa shape index (κ2) is 12.4. The molecule has 41 heavy (non-hydrogen) atoms. The van der Waals surface area contributed by atoms with Gasteiger partial charge >= 0.3 is 11.9 Å². The predicted octanol–water partition coefficient (Wildman–Crippen LogP) is 3.64. The maximum Gasteiger partial charge on any atom is 0.335 e. The van der Waals surface area contributed by atoms with E-state index in [1.165, 1.54) is 36.4 Å². The summed E-state index contributed by atoms with van der Waals surface area (Å²) in [4.78, 5) is 23.7. The first-order chi connectivity index (χ1) is 19.6. The zero-order chi connectivity index (χ0) is 29.6. The summed E-state index contributed by atoms with van der Waals surface area (Å²) in [6, 6.07) is 17.5. The van der Waals surface area contributed by atoms with E-state index < -0.39 is 28.0 Å². The van der Waals surface area contributed by atoms with Crippen LogP contribution in [0.3, 0.4) is 0 Å². The van der Waals surface area contributed by atoms with Gasteiger partial charge in [0.15, 0.2) is 0 Å². The van der Waals surface area contributed by atoms with Gasteiger partial charge in [-0.1, -0.05) is 18.1 Å². The maximum absolute atomic E-state index is 13.1. The molecule has 3 aromatic carbocycles. The third kappa shape index (κ3) is 6.92. The topological polar surface area (TPSA) is 159 Å². The van der Waals surface area contributed by atoms with Crippen molar-refractivity contribution in [2.75, 3.05) is 6.61 Å². The van der Waals surface area contributed by atoms with Crippen LogP contribution in [0.25, 0.3) is 10.9 Å². The van der Waals surface area contributed by atoms with Crippen LogP contribution in [0.5, 0.6) is 5.75 Å². The van der Waals surface area contributed by atoms with E-state index >= 15 is 0 Å². The van der Waals surface area contributed by atoms with Crippen LogP contribution in [0.1, 0.15) is 34.0 Å². The minimum Gasteiger partial charge on any atom is -0.481 e. The molecule has 0 radical (unpaired) electrons. The summed E-state index contributed by atoms with van der Waals surface area (Å²) in [6.07, 6.45) is 1.42. The number of carbonyl (C=O) groups is 2. The highest BCUT2D eigenvalue weighted by atomic mass is 32.2. The van der Waals surface area contributed by atoms with Gasteiger partial charge < -0.3 is 19.5 Å². The Balaban J connectivity index is 1.65. The number of nitrogens with zero attached hydrogens (tertiary/aromatic N) is 2. The Morgan fingerprint density at radius 1 is 1.07 bits per heavy atom. The molecule has 1 aromatic heterocycles. The van der Waals surface area contributed by atoms with E-state index in [1.54, 1.807) is 37.4 Å². The number of hydrogen-bond donors (Lipinski definition) is 3. The standard InChI is InChI=1S/C30H25N3O7S/c1-2-3-13-40-24-8-10-25(11-9-24)41(38,39)32-27(30(36)37)16-23-19-33(18-21-6-4-5-20(14-21)17-31)28-12-7-22(29(34)35)15-26(23)28/h4-12,14-15,19,27,32H,13,16,18H2,1H3,(H,34,35)(H,36,37). The molecule has 11 heteroatoms. The zero-order valence-corrected chi connectivity index (χ0v) is 22.7. The minimum atomic E-state index is -4.24. The molecule has 1 unspecified atom stereocenters. The molecule has 4 rings (SSSR count). The third-order valence-electron chi connectivity index (χ3n) is 6.26. The Kier molecular flexibility index (Phi) is 8.73. The normalized spacial score (nSPS) is 11.7. The largest absolute Gasteiger partial charge is 0.481 e. The Labute approximate surface area is 236 Å². The highest BCUT2D eigenvalue weighted by molar-refractivity contribution is 7.89. The van der Waals surface area contributed by atoms with Crippen molar-refractivity contribution in [1.82, 2.24) is 9.29 Å². The Bertz CT molecular complexity index is 1830. The molecule has 0 aliphatic rings. The lowest BCUT2D eigenvalue weighted by Gasteiger charge is -2.15. The minimum absolute atomic E-state index is 0.00246. The quantitative estimate of drug-likeness (QED) is 0.230. The van der Waals surface area contributed by atoms with Crippen LogP contribution in [0.15, 0.2) is 77.8 Å². The molecule has 0 saturated carbocycles. The number of aliphatic carboxylic acids is 1. The number of rotatable bonds is 11. The molecule has 10 nitrogen and oxygen atoms in total. The summed E-state index contributed by atoms with van der Waals surface area (Å²) in [5.74, 6) is 3.27. The first-order valence-electron chi connectivity index (χ1n) is 12.3. The van der Waals surface area contributed by atoms with Crippen molar-refractivity contribution in [3.05, 3.63) is 95.2 Å². The van der Waals surface area contributed by atoms with E-state index in [1.807, 2.05) is 10.6 Å². The summed E-state index contributed by atoms with van der Waals surface area (Å²) >= 11 is 0. The molecular formula is C30H25N3O7S. The van der Waals surface area contributed by atoms with Crippen molar-refractivity contribution < 1.29 is 33.0 Å². The number of ether oxygens (including phenoxy) is 1. The number of nitriles is 1. The number of fused-ring (bicyclic) bond motifs is 1. The maximum atomic E-state index is 13.1. The number of hydrogen-bond acceptors (Lipinski definition) is 6. The lowest BCUT2D eigenvalue weighted by Crippen LogP contribution is -2.42. The van der Waals surface area contributed by atoms with Gasteiger partial charge in [0, 0.05) is 30.1 Å². The highest BCUT2D eigenvalue weighted by Crippen LogP contribution is 2.26. The summed E-state index contributed by atoms with van der Waals surface area (Å²) in [5, 5.41) is 29.2. The fourth-order valence-corrected chi connectivity index (χ4v) is 5.48. The summed E-state index contributed by atoms with van der Waals surface area (Å²) < 4.78 is 35.6. The summed E-state index contributed by atoms with van der Waals surface area (Å²) in [6.45, 7) is 2.13. The van der Waals surface area contributed by atoms with Crippen LogP contribution < -0.4 is 9.46 Å². The molecule has 0 amide bonds. The summed E-state index contributed by atoms with van der Waals surface area (Å²) in [7, 11) is -4.24. The third-order valence-corrected chi connectivity index (χ3v) is 7.75. The van der Waals surface area contributed by atoms with Crippen LogP contribution in [0, 0.1) is 23.2 Å². The van der Waals surface area contributed by atoms with Gasteiger partial charge in [-0.05, 0) is 72.6 Å². The van der Waals surface area contributed by atoms with Gasteiger partial charge in [0.2, 0.25) is 10.0 Å². The van der Waals surface area contributed by atoms with Crippen LogP contribution in [-0.2, 0) is 27.8 Å². The predicted molar refractivity (Wildman–Crippen MR) is 150 cm³/mol. The number of aromatic carboxylic acids is 1. The zero-order valence-electron chi connectivity index (χ0n) is 21.9. The molecule has 1 atom stereocenters. The van der Waals surface area contributed by atoms with Crippen LogP contribution in [0.4, 0.5) is 0 Å². The Hall–Kier alpha value is -5.10. The second-order valence-corrected chi connectivity index (χ2v) is 10.7. The van der Waals surface area contributed by atoms with Gasteiger partial charge in [0.05, 0.1) is 22.1 Å². The van der Waals surface area contributed by atoms with Crippen molar-refractivity contribution in [2.24, 2.45) is 0 Å². The molecule has 0 bridgehead atoms. The second-order valence-electron chi connectivity index (χ2n) is 9.03. The van der Waals surface area contributed by atoms with E-state index in [9.17, 15) is 33.5 Å². The number of nitrogens with one attached hydrogen (secondary N) is 1. The van der Waals surface area contributed by atoms with Crippen molar-refractivity contribution in [3.63, 3.8) is 0 Å². The number of carboxylic acid groups (broad SMARTS) is 2. The van der Waals surface area contributed by atoms with Gasteiger partial charge in [0.25, 0.3) is 0 Å². The Morgan fingerprint density at radius 3 is 2.49 bits per heavy atom. The number of aromatic nitrogens is 1. The fourth-order valence-electron chi connectivity index (χ4n) is 4.29. The molecule has 0 spiro atoms. The van der Waals surface area contributed by atoms with Gasteiger partial charge in [-0.25, -0.2) is 13.2 Å². The summed E-state index contributed by atoms with van der Waals surface area (Å²) in [5.41, 5.74) is 2.35. The lowest BCUT2D eigenvalue weighted by atomic mass is 10.0. The van der Waals surface area contributed by atoms with Crippen molar-refractivity contribution in [3.8, 4) is 23.7 Å². The number of sulfonamides is 1. The molecule has 208 valence electrons. The Morgan fingerprint density at radius 2 is 1.83 bits per heavy atom. The monoisotopic (exact) mass is 571 g/mol. The van der Waals surface area contributed by atoms with Crippen LogP contribution in [-0.4, -0.2) is 47.8 Å². The van der Waals surface area contributed by atoms with Gasteiger partial charge in [-0.3, -0.25) is 4.79 Å². The van der Waals surface area contributed by atoms with E-state index in [2.05, 4.69) is 22.6 Å². The number of benzene rings is 3. The number of carboxylic acids is 2. The van der Waals surface area contributed by atoms with E-state index in [0.717, 1.165) is 5.56 Å². The molecule has 0 fully saturated rings. The van der Waals surface area contributed by atoms with Crippen molar-refractivity contribution in [2.45, 2.75) is 30.8 Å². The lowest BCUT2D eigenvalue weighted by molar-refractivity contribution is -0.138. The van der Waals surface area contributed by atoms with Gasteiger partial charge in [-0.2, -0.15) is 9.98 Å². The van der Waals surface area contributed by atoms with Gasteiger partial charge in [0.1, 0.15) is 18.4 Å². The average molecular weight is 572 g/mol. The highest BCUT2D eigenvalue weighted by Gasteiger charge is 2.27. The van der Waals surface area contributed by atoms with Crippen LogP contribution >= 0.6 is 0 Å². The molecule has 4 aromatic rings. The van der Waals surface area contributed by atoms with Crippen molar-refractivity contribution in [1.29, 1.82) is 5.26 Å². The molecular weight excluding hydrogens is 546 g/mol. The SMILES string of the molecule is CC#CCOc1ccc(S(=O)(=O)NC(Cc2cn(Cc3cccc(C#N)c3)c3ccc(C(=O)O)cc23)C(=O)O)cc1. The van der Waals surface area contributed by atoms with Crippen LogP contribution in [0.2, 0.25) is 0 Å². The smallest absolute Gasteiger partial charge is 0.335 e. The molecule has 1 heterocycles. The first-order valence-corrected chi connectivity index (χ1v) is 13.8. The van der Waals surface area contributed by atoms with E-state index in [4.69, 9.17) is 4.74 Å². The fraction of sp³-hybridized carbons (Fsp3) is 0.167. The first kappa shape index (κ1) is 28.9. The van der Waals surface area contributed by atoms with Gasteiger partial charge in [-0.15, -0.1) is 5.92 Å². The van der Waals surface area contributed by atoms with Crippen molar-refractivity contribution >= 4 is 32.9 Å².